The Balaban J connectivity index is 1.21. The zero-order chi connectivity index (χ0) is 94.3. The molecule has 1 aliphatic heterocycles. The number of primary amides is 1. The summed E-state index contributed by atoms with van der Waals surface area (Å²) in [6.07, 6.45) is -0.932. The predicted octanol–water partition coefficient (Wildman–Crippen LogP) is 3.02. The molecule has 0 saturated carbocycles. The van der Waals surface area contributed by atoms with Crippen molar-refractivity contribution in [2.24, 2.45) is 17.6 Å². The Morgan fingerprint density at radius 3 is 1.45 bits per heavy atom. The summed E-state index contributed by atoms with van der Waals surface area (Å²) in [5, 5.41) is 56.1. The molecule has 0 spiro atoms. The van der Waals surface area contributed by atoms with E-state index < -0.39 is 198 Å². The third-order valence-corrected chi connectivity index (χ3v) is 24.0. The first-order valence-corrected chi connectivity index (χ1v) is 45.0. The van der Waals surface area contributed by atoms with Crippen molar-refractivity contribution in [3.8, 4) is 11.5 Å². The van der Waals surface area contributed by atoms with E-state index in [1.165, 1.54) is 105 Å². The van der Waals surface area contributed by atoms with Gasteiger partial charge >= 0.3 is 0 Å². The summed E-state index contributed by atoms with van der Waals surface area (Å²) in [7, 11) is 9.74. The summed E-state index contributed by atoms with van der Waals surface area (Å²) in [4.78, 5) is 233. The van der Waals surface area contributed by atoms with Crippen LogP contribution in [0.3, 0.4) is 0 Å². The fourth-order valence-corrected chi connectivity index (χ4v) is 16.7. The number of hydrogen-bond acceptors (Lipinski definition) is 20. The van der Waals surface area contributed by atoms with Gasteiger partial charge in [-0.2, -0.15) is 0 Å². The van der Waals surface area contributed by atoms with E-state index in [-0.39, 0.29) is 74.5 Å². The zero-order valence-corrected chi connectivity index (χ0v) is 76.6. The van der Waals surface area contributed by atoms with Crippen molar-refractivity contribution in [3.63, 3.8) is 0 Å². The van der Waals surface area contributed by atoms with Crippen LogP contribution in [0.4, 0.5) is 0 Å². The Labute approximate surface area is 760 Å². The first-order valence-electron chi connectivity index (χ1n) is 42.5. The van der Waals surface area contributed by atoms with Crippen molar-refractivity contribution in [1.82, 2.24) is 77.3 Å². The number of thioether (sulfide) groups is 1. The number of aliphatic hydroxyl groups excluding tert-OH is 1. The first kappa shape index (κ1) is 102. The van der Waals surface area contributed by atoms with Gasteiger partial charge in [0.2, 0.25) is 88.6 Å². The van der Waals surface area contributed by atoms with Crippen molar-refractivity contribution in [2.75, 3.05) is 66.4 Å². The highest BCUT2D eigenvalue weighted by Crippen LogP contribution is 2.26. The zero-order valence-electron chi connectivity index (χ0n) is 74.0. The molecule has 14 N–H and O–H groups in total. The highest BCUT2D eigenvalue weighted by Gasteiger charge is 2.42. The number of phenols is 2. The highest BCUT2D eigenvalue weighted by molar-refractivity contribution is 8.00. The van der Waals surface area contributed by atoms with Crippen LogP contribution in [0.1, 0.15) is 99.5 Å². The number of thiazole rings is 1. The number of nitrogens with zero attached hydrogens (tertiary/aromatic N) is 6. The fraction of sp³-hybridized carbons (Fsp3) is 0.424. The SMILES string of the molecule is CCCC[C@H]1C(=O)N(C)CC(=O)N[C@@H](CC(O)=P)C(=O)N[C@@H](C(C)C)C(=O)N(C)[C@@H](Cc2ccccc2)C(=O)N[C@@H](Cc2ccc(O)cc2)C(=O)N(C)CC(=O)N[C@@H](Cc2nc3ccccc3s2)C(=O)N[C@@H](Cc2ccc(O)cc2)C(=O)N[C@@H](CC(C)C)C(=O)N[C@H](C(=O)NCC(N)=O)CSCC(=O)N[C@@H](Cc2ccccc2)C(=O)N(C)[C@@H](Cc2ccccc2)C(=O)N1C. The quantitative estimate of drug-likeness (QED) is 0.0409. The lowest BCUT2D eigenvalue weighted by Gasteiger charge is -2.37. The van der Waals surface area contributed by atoms with Gasteiger partial charge in [-0.1, -0.05) is 184 Å². The van der Waals surface area contributed by atoms with Gasteiger partial charge in [0.15, 0.2) is 0 Å². The molecule has 0 radical (unpaired) electrons. The Hall–Kier alpha value is -12.7. The summed E-state index contributed by atoms with van der Waals surface area (Å²) in [6, 6.07) is 28.0. The smallest absolute Gasteiger partial charge is 0.246 e. The lowest BCUT2D eigenvalue weighted by molar-refractivity contribution is -0.151. The van der Waals surface area contributed by atoms with Crippen LogP contribution in [-0.2, 0) is 110 Å². The molecular formula is C92H117N16O18PS2. The van der Waals surface area contributed by atoms with Gasteiger partial charge in [-0.05, 0) is 88.9 Å². The number of para-hydroxylation sites is 1. The van der Waals surface area contributed by atoms with Gasteiger partial charge in [0, 0.05) is 85.9 Å². The number of aliphatic hydroxyl groups is 1. The lowest BCUT2D eigenvalue weighted by atomic mass is 9.98. The fourth-order valence-electron chi connectivity index (χ4n) is 14.6. The number of fused-ring (bicyclic) bond motifs is 1. The summed E-state index contributed by atoms with van der Waals surface area (Å²) in [5.41, 5.74) is 8.07. The molecule has 34 nitrogen and oxygen atoms in total. The molecule has 37 heteroatoms. The number of nitrogens with one attached hydrogen (secondary N) is 9. The third kappa shape index (κ3) is 31.4. The van der Waals surface area contributed by atoms with E-state index in [1.54, 1.807) is 143 Å². The number of phenolic OH excluding ortho intramolecular Hbond substituents is 2. The van der Waals surface area contributed by atoms with Crippen LogP contribution in [-0.4, -0.2) is 272 Å². The molecule has 0 unspecified atom stereocenters. The number of hydrogen-bond donors (Lipinski definition) is 13. The number of benzene rings is 6. The normalized spacial score (nSPS) is 21.9. The molecule has 2 heterocycles. The average Bonchev–Trinajstić information content (AvgIpc) is 1.53. The number of carbonyl (C=O) groups is 15. The Morgan fingerprint density at radius 1 is 0.481 bits per heavy atom. The largest absolute Gasteiger partial charge is 0.508 e. The molecule has 6 aromatic carbocycles. The standard InChI is InChI=1S/C92H117N16O18PS2/c1-11-12-31-71-90(124)105(7)51-77(113)96-67(48-80(115)127)86(120)103-81(55(4)5)92(126)107(9)72(45-57-26-18-14-19-27-57)87(121)101-68(44-60-35-39-62(110)40-36-60)88(122)104(6)50-76(112)95-66(47-79-98-63-30-22-23-32-74(63)129-79)85(119)100-65(42-59-33-37-61(109)38-34-59)84(118)99-64(41-54(2)3)83(117)102-70(82(116)94-49-75(93)111)52-128-53-78(114)97-69(43-56-24-16-13-17-25-56)89(123)108(10)73(91(125)106(71)8)46-58-28-20-15-21-29-58/h13-30,32-40,54-55,64-73,81,109-110,115,127H,11-12,31,41-53H2,1-10H3,(H2,93,111)(H,94,116)(H,95,112)(H,96,113)(H,97,114)(H,99,118)(H,100,119)(H,101,121)(H,102,117)(H,103,120)/t64-,65-,66-,67-,68-,69-,70-,71-,72-,73-,81-/m0/s1. The molecule has 1 aromatic heterocycles. The number of likely N-dealkylation sites (N-methyl/N-ethyl adjacent to an activating group) is 5. The molecule has 1 aliphatic rings. The minimum Gasteiger partial charge on any atom is -0.508 e. The van der Waals surface area contributed by atoms with Gasteiger partial charge in [0.05, 0.1) is 46.1 Å². The van der Waals surface area contributed by atoms with Crippen molar-refractivity contribution in [3.05, 3.63) is 197 Å². The van der Waals surface area contributed by atoms with E-state index in [9.17, 15) is 48.9 Å². The summed E-state index contributed by atoms with van der Waals surface area (Å²) >= 11 is 2.04. The number of aromatic hydroxyl groups is 2. The Morgan fingerprint density at radius 2 is 0.922 bits per heavy atom. The van der Waals surface area contributed by atoms with E-state index in [2.05, 4.69) is 56.7 Å². The first-order chi connectivity index (χ1) is 61.4. The van der Waals surface area contributed by atoms with Crippen LogP contribution in [0.25, 0.3) is 10.2 Å². The minimum atomic E-state index is -1.64. The minimum absolute atomic E-state index is 0.0643. The maximum atomic E-state index is 15.5. The molecule has 1 saturated heterocycles. The van der Waals surface area contributed by atoms with E-state index in [0.29, 0.717) is 55.9 Å². The third-order valence-electron chi connectivity index (χ3n) is 21.7. The molecule has 129 heavy (non-hydrogen) atoms. The van der Waals surface area contributed by atoms with Crippen molar-refractivity contribution in [2.45, 2.75) is 172 Å². The average molecular weight is 1830 g/mol. The second-order valence-corrected chi connectivity index (χ2v) is 35.6. The number of rotatable bonds is 23. The van der Waals surface area contributed by atoms with Crippen LogP contribution in [0.15, 0.2) is 164 Å². The molecule has 11 atom stereocenters. The van der Waals surface area contributed by atoms with Crippen LogP contribution in [0, 0.1) is 11.8 Å². The summed E-state index contributed by atoms with van der Waals surface area (Å²) < 4.78 is 0.717. The number of carbonyl (C=O) groups excluding carboxylic acids is 15. The van der Waals surface area contributed by atoms with Gasteiger partial charge < -0.3 is 93.4 Å². The second kappa shape index (κ2) is 49.6. The second-order valence-electron chi connectivity index (χ2n) is 32.8. The molecular weight excluding hydrogens is 1710 g/mol. The van der Waals surface area contributed by atoms with Crippen LogP contribution in [0.2, 0.25) is 0 Å². The predicted molar refractivity (Wildman–Crippen MR) is 491 cm³/mol. The van der Waals surface area contributed by atoms with Gasteiger partial charge in [0.1, 0.15) is 78.0 Å². The van der Waals surface area contributed by atoms with Gasteiger partial charge in [-0.25, -0.2) is 4.98 Å². The maximum Gasteiger partial charge on any atom is 0.246 e. The topological polar surface area (TPSA) is 480 Å². The van der Waals surface area contributed by atoms with Crippen molar-refractivity contribution in [1.29, 1.82) is 0 Å². The van der Waals surface area contributed by atoms with E-state index in [0.717, 1.165) is 26.5 Å². The molecule has 0 aliphatic carbocycles. The van der Waals surface area contributed by atoms with Crippen molar-refractivity contribution < 1.29 is 87.2 Å². The molecule has 690 valence electrons. The number of amides is 15. The highest BCUT2D eigenvalue weighted by atomic mass is 32.2. The van der Waals surface area contributed by atoms with Gasteiger partial charge in [-0.15, -0.1) is 23.1 Å². The number of nitrogens with two attached hydrogens (primary N) is 1. The van der Waals surface area contributed by atoms with Crippen LogP contribution < -0.4 is 53.6 Å². The van der Waals surface area contributed by atoms with Crippen LogP contribution >= 0.6 is 32.0 Å². The van der Waals surface area contributed by atoms with E-state index >= 15 is 38.4 Å². The number of unbranched alkanes of at least 4 members (excludes halogenated alkanes) is 1. The van der Waals surface area contributed by atoms with E-state index in [1.807, 2.05) is 6.92 Å². The molecule has 0 bridgehead atoms. The van der Waals surface area contributed by atoms with E-state index in [4.69, 9.17) is 10.7 Å². The molecule has 1 fully saturated rings. The van der Waals surface area contributed by atoms with Gasteiger partial charge in [-0.3, -0.25) is 71.9 Å². The monoisotopic (exact) mass is 1830 g/mol. The molecule has 8 rings (SSSR count). The van der Waals surface area contributed by atoms with Crippen LogP contribution in [0.5, 0.6) is 11.5 Å². The Bertz CT molecular complexity index is 5040. The molecule has 7 aromatic rings. The van der Waals surface area contributed by atoms with Crippen molar-refractivity contribution >= 4 is 136 Å². The number of aromatic nitrogens is 1. The van der Waals surface area contributed by atoms with Gasteiger partial charge in [0.25, 0.3) is 0 Å². The Kier molecular flexibility index (Phi) is 39.1. The summed E-state index contributed by atoms with van der Waals surface area (Å²) in [5.74, 6) is -15.3. The maximum absolute atomic E-state index is 15.5. The summed E-state index contributed by atoms with van der Waals surface area (Å²) in [6.45, 7) is 6.40. The lowest BCUT2D eigenvalue weighted by Crippen LogP contribution is -2.61. The molecule has 15 amide bonds.